The minimum absolute atomic E-state index is 0.185. The third kappa shape index (κ3) is 5.27. The Balaban J connectivity index is 1.72. The molecular weight excluding hydrogens is 416 g/mol. The molecule has 1 aromatic carbocycles. The maximum atomic E-state index is 12.6. The number of hydrogen-bond donors (Lipinski definition) is 1. The van der Waals surface area contributed by atoms with Crippen LogP contribution in [0.1, 0.15) is 58.0 Å². The Morgan fingerprint density at radius 1 is 1.06 bits per heavy atom. The Bertz CT molecular complexity index is 1140. The van der Waals surface area contributed by atoms with Crippen LogP contribution in [0.4, 0.5) is 5.00 Å². The summed E-state index contributed by atoms with van der Waals surface area (Å²) >= 11 is 1.30. The first kappa shape index (κ1) is 22.4. The molecule has 3 rings (SSSR count). The third-order valence-corrected chi connectivity index (χ3v) is 5.82. The monoisotopic (exact) mass is 440 g/mol. The van der Waals surface area contributed by atoms with Gasteiger partial charge in [0.25, 0.3) is 5.91 Å². The number of thiophene rings is 1. The SMILES string of the molecule is CCOC(=O)c1cc(C(C)C)sc1NC(=O)COC(=O)c1cc(C)nc2ccccc12. The van der Waals surface area contributed by atoms with Crippen LogP contribution in [0.15, 0.2) is 36.4 Å². The molecule has 7 nitrogen and oxygen atoms in total. The van der Waals surface area contributed by atoms with E-state index >= 15 is 0 Å². The number of aromatic nitrogens is 1. The van der Waals surface area contributed by atoms with Crippen LogP contribution < -0.4 is 5.32 Å². The van der Waals surface area contributed by atoms with Gasteiger partial charge in [-0.2, -0.15) is 0 Å². The molecule has 31 heavy (non-hydrogen) atoms. The molecule has 162 valence electrons. The van der Waals surface area contributed by atoms with Crippen LogP contribution in [0.2, 0.25) is 0 Å². The summed E-state index contributed by atoms with van der Waals surface area (Å²) in [5.41, 5.74) is 2.00. The van der Waals surface area contributed by atoms with E-state index in [9.17, 15) is 14.4 Å². The second kappa shape index (κ2) is 9.70. The van der Waals surface area contributed by atoms with Gasteiger partial charge in [-0.1, -0.05) is 32.0 Å². The fourth-order valence-electron chi connectivity index (χ4n) is 3.00. The van der Waals surface area contributed by atoms with Crippen molar-refractivity contribution < 1.29 is 23.9 Å². The number of nitrogens with zero attached hydrogens (tertiary/aromatic N) is 1. The normalized spacial score (nSPS) is 10.9. The maximum absolute atomic E-state index is 12.6. The number of hydrogen-bond acceptors (Lipinski definition) is 7. The zero-order valence-corrected chi connectivity index (χ0v) is 18.7. The zero-order chi connectivity index (χ0) is 22.5. The van der Waals surface area contributed by atoms with E-state index in [4.69, 9.17) is 9.47 Å². The van der Waals surface area contributed by atoms with Crippen molar-refractivity contribution in [3.63, 3.8) is 0 Å². The van der Waals surface area contributed by atoms with Crippen LogP contribution in [-0.2, 0) is 14.3 Å². The molecule has 8 heteroatoms. The van der Waals surface area contributed by atoms with Crippen LogP contribution in [-0.4, -0.2) is 36.0 Å². The van der Waals surface area contributed by atoms with E-state index in [1.54, 1.807) is 32.0 Å². The van der Waals surface area contributed by atoms with Crippen molar-refractivity contribution in [3.05, 3.63) is 58.1 Å². The van der Waals surface area contributed by atoms with Crippen molar-refractivity contribution in [1.82, 2.24) is 4.98 Å². The largest absolute Gasteiger partial charge is 0.462 e. The molecule has 1 amide bonds. The maximum Gasteiger partial charge on any atom is 0.341 e. The Hall–Kier alpha value is -3.26. The highest BCUT2D eigenvalue weighted by Crippen LogP contribution is 2.33. The van der Waals surface area contributed by atoms with E-state index in [0.29, 0.717) is 32.7 Å². The van der Waals surface area contributed by atoms with Gasteiger partial charge in [0, 0.05) is 16.0 Å². The average molecular weight is 441 g/mol. The summed E-state index contributed by atoms with van der Waals surface area (Å²) in [7, 11) is 0. The summed E-state index contributed by atoms with van der Waals surface area (Å²) in [6.07, 6.45) is 0. The van der Waals surface area contributed by atoms with Crippen LogP contribution in [0.3, 0.4) is 0 Å². The number of carbonyl (C=O) groups excluding carboxylic acids is 3. The van der Waals surface area contributed by atoms with Gasteiger partial charge < -0.3 is 14.8 Å². The summed E-state index contributed by atoms with van der Waals surface area (Å²) in [5.74, 6) is -1.47. The van der Waals surface area contributed by atoms with Crippen LogP contribution >= 0.6 is 11.3 Å². The topological polar surface area (TPSA) is 94.6 Å². The van der Waals surface area contributed by atoms with Crippen LogP contribution in [0.5, 0.6) is 0 Å². The van der Waals surface area contributed by atoms with Gasteiger partial charge in [0.2, 0.25) is 0 Å². The molecule has 0 aliphatic heterocycles. The predicted octanol–water partition coefficient (Wildman–Crippen LogP) is 4.70. The lowest BCUT2D eigenvalue weighted by atomic mass is 10.1. The van der Waals surface area contributed by atoms with Crippen molar-refractivity contribution in [3.8, 4) is 0 Å². The summed E-state index contributed by atoms with van der Waals surface area (Å²) < 4.78 is 10.3. The number of carbonyl (C=O) groups is 3. The van der Waals surface area contributed by atoms with Gasteiger partial charge in [-0.25, -0.2) is 9.59 Å². The fourth-order valence-corrected chi connectivity index (χ4v) is 4.06. The molecule has 2 heterocycles. The van der Waals surface area contributed by atoms with Crippen molar-refractivity contribution >= 4 is 45.1 Å². The number of benzene rings is 1. The van der Waals surface area contributed by atoms with Gasteiger partial charge in [0.1, 0.15) is 5.00 Å². The number of anilines is 1. The van der Waals surface area contributed by atoms with Crippen LogP contribution in [0, 0.1) is 6.92 Å². The third-order valence-electron chi connectivity index (χ3n) is 4.47. The molecule has 0 aliphatic rings. The smallest absolute Gasteiger partial charge is 0.341 e. The summed E-state index contributed by atoms with van der Waals surface area (Å²) in [4.78, 5) is 42.6. The van der Waals surface area contributed by atoms with E-state index < -0.39 is 24.5 Å². The Morgan fingerprint density at radius 2 is 1.77 bits per heavy atom. The molecule has 0 bridgehead atoms. The second-order valence-corrected chi connectivity index (χ2v) is 8.30. The molecule has 0 unspecified atom stereocenters. The second-order valence-electron chi connectivity index (χ2n) is 7.22. The number of esters is 2. The molecule has 0 spiro atoms. The number of rotatable bonds is 7. The lowest BCUT2D eigenvalue weighted by molar-refractivity contribution is -0.119. The van der Waals surface area contributed by atoms with Crippen molar-refractivity contribution in [1.29, 1.82) is 0 Å². The van der Waals surface area contributed by atoms with Gasteiger partial charge in [0.05, 0.1) is 23.3 Å². The minimum Gasteiger partial charge on any atom is -0.462 e. The highest BCUT2D eigenvalue weighted by Gasteiger charge is 2.21. The first-order valence-corrected chi connectivity index (χ1v) is 10.8. The molecule has 0 radical (unpaired) electrons. The van der Waals surface area contributed by atoms with E-state index in [1.807, 2.05) is 32.0 Å². The number of nitrogens with one attached hydrogen (secondary N) is 1. The summed E-state index contributed by atoms with van der Waals surface area (Å²) in [6, 6.07) is 10.6. The molecular formula is C23H24N2O5S. The van der Waals surface area contributed by atoms with E-state index in [-0.39, 0.29) is 12.5 Å². The summed E-state index contributed by atoms with van der Waals surface area (Å²) in [5, 5.41) is 3.71. The van der Waals surface area contributed by atoms with Crippen molar-refractivity contribution in [2.24, 2.45) is 0 Å². The molecule has 1 N–H and O–H groups in total. The fraction of sp³-hybridized carbons (Fsp3) is 0.304. The molecule has 3 aromatic rings. The average Bonchev–Trinajstić information content (AvgIpc) is 3.15. The number of fused-ring (bicyclic) bond motifs is 1. The van der Waals surface area contributed by atoms with Gasteiger partial charge >= 0.3 is 11.9 Å². The first-order chi connectivity index (χ1) is 14.8. The zero-order valence-electron chi connectivity index (χ0n) is 17.9. The lowest BCUT2D eigenvalue weighted by Crippen LogP contribution is -2.21. The molecule has 0 aliphatic carbocycles. The number of ether oxygens (including phenoxy) is 2. The minimum atomic E-state index is -0.614. The predicted molar refractivity (Wildman–Crippen MR) is 120 cm³/mol. The molecule has 0 atom stereocenters. The van der Waals surface area contributed by atoms with Crippen molar-refractivity contribution in [2.45, 2.75) is 33.6 Å². The summed E-state index contributed by atoms with van der Waals surface area (Å²) in [6.45, 7) is 7.25. The molecule has 2 aromatic heterocycles. The van der Waals surface area contributed by atoms with Gasteiger partial charge in [-0.05, 0) is 38.0 Å². The number of para-hydroxylation sites is 1. The van der Waals surface area contributed by atoms with Gasteiger partial charge in [-0.15, -0.1) is 11.3 Å². The Morgan fingerprint density at radius 3 is 2.48 bits per heavy atom. The van der Waals surface area contributed by atoms with E-state index in [1.165, 1.54) is 11.3 Å². The molecule has 0 fully saturated rings. The van der Waals surface area contributed by atoms with E-state index in [2.05, 4.69) is 10.3 Å². The highest BCUT2D eigenvalue weighted by atomic mass is 32.1. The van der Waals surface area contributed by atoms with Gasteiger partial charge in [-0.3, -0.25) is 9.78 Å². The number of aryl methyl sites for hydroxylation is 1. The first-order valence-electron chi connectivity index (χ1n) is 9.94. The lowest BCUT2D eigenvalue weighted by Gasteiger charge is -2.09. The Labute approximate surface area is 184 Å². The van der Waals surface area contributed by atoms with Crippen molar-refractivity contribution in [2.75, 3.05) is 18.5 Å². The van der Waals surface area contributed by atoms with E-state index in [0.717, 1.165) is 4.88 Å². The highest BCUT2D eigenvalue weighted by molar-refractivity contribution is 7.16. The number of amides is 1. The Kier molecular flexibility index (Phi) is 7.02. The van der Waals surface area contributed by atoms with Gasteiger partial charge in [0.15, 0.2) is 6.61 Å². The quantitative estimate of drug-likeness (QED) is 0.535. The number of pyridine rings is 1. The molecule has 0 saturated heterocycles. The van der Waals surface area contributed by atoms with Crippen LogP contribution in [0.25, 0.3) is 10.9 Å². The standard InChI is InChI=1S/C23H24N2O5S/c1-5-29-23(28)17-11-19(13(2)3)31-21(17)25-20(26)12-30-22(27)16-10-14(4)24-18-9-7-6-8-15(16)18/h6-11,13H,5,12H2,1-4H3,(H,25,26). The molecule has 0 saturated carbocycles.